The summed E-state index contributed by atoms with van der Waals surface area (Å²) < 4.78 is 7.20. The van der Waals surface area contributed by atoms with Gasteiger partial charge in [-0.25, -0.2) is 9.78 Å². The maximum absolute atomic E-state index is 13.1. The first-order valence-electron chi connectivity index (χ1n) is 10.9. The van der Waals surface area contributed by atoms with Gasteiger partial charge >= 0.3 is 6.03 Å². The van der Waals surface area contributed by atoms with Crippen LogP contribution in [0.15, 0.2) is 48.5 Å². The second-order valence-electron chi connectivity index (χ2n) is 8.40. The molecule has 8 nitrogen and oxygen atoms in total. The van der Waals surface area contributed by atoms with Crippen LogP contribution in [0.2, 0.25) is 0 Å². The molecule has 0 saturated carbocycles. The zero-order chi connectivity index (χ0) is 22.7. The van der Waals surface area contributed by atoms with Gasteiger partial charge in [0.15, 0.2) is 0 Å². The lowest BCUT2D eigenvalue weighted by molar-refractivity contribution is -0.123. The molecule has 1 aromatic heterocycles. The largest absolute Gasteiger partial charge is 0.497 e. The van der Waals surface area contributed by atoms with E-state index in [1.54, 1.807) is 12.0 Å². The summed E-state index contributed by atoms with van der Waals surface area (Å²) in [7, 11) is 1.62. The van der Waals surface area contributed by atoms with Crippen LogP contribution in [0.1, 0.15) is 25.8 Å². The second-order valence-corrected chi connectivity index (χ2v) is 8.40. The maximum atomic E-state index is 13.1. The van der Waals surface area contributed by atoms with Gasteiger partial charge in [0, 0.05) is 19.6 Å². The molecule has 0 saturated heterocycles. The Bertz CT molecular complexity index is 1110. The van der Waals surface area contributed by atoms with Crippen LogP contribution in [0.3, 0.4) is 0 Å². The van der Waals surface area contributed by atoms with Crippen molar-refractivity contribution in [2.45, 2.75) is 39.4 Å². The van der Waals surface area contributed by atoms with E-state index in [1.807, 2.05) is 66.9 Å². The van der Waals surface area contributed by atoms with E-state index < -0.39 is 6.04 Å². The summed E-state index contributed by atoms with van der Waals surface area (Å²) in [5, 5.41) is 5.88. The van der Waals surface area contributed by atoms with Crippen LogP contribution < -0.4 is 20.3 Å². The topological polar surface area (TPSA) is 88.5 Å². The average Bonchev–Trinajstić information content (AvgIpc) is 3.36. The molecule has 8 heteroatoms. The number of urea groups is 1. The van der Waals surface area contributed by atoms with Crippen LogP contribution in [0, 0.1) is 5.92 Å². The van der Waals surface area contributed by atoms with Gasteiger partial charge in [-0.05, 0) is 42.2 Å². The average molecular weight is 436 g/mol. The van der Waals surface area contributed by atoms with Gasteiger partial charge in [-0.2, -0.15) is 0 Å². The van der Waals surface area contributed by atoms with Gasteiger partial charge < -0.3 is 19.9 Å². The van der Waals surface area contributed by atoms with Gasteiger partial charge in [-0.1, -0.05) is 38.1 Å². The molecule has 0 aliphatic carbocycles. The van der Waals surface area contributed by atoms with Crippen molar-refractivity contribution in [3.63, 3.8) is 0 Å². The quantitative estimate of drug-likeness (QED) is 0.596. The summed E-state index contributed by atoms with van der Waals surface area (Å²) in [6.45, 7) is 5.66. The number of fused-ring (bicyclic) bond motifs is 3. The van der Waals surface area contributed by atoms with E-state index >= 15 is 0 Å². The van der Waals surface area contributed by atoms with Crippen LogP contribution in [0.5, 0.6) is 5.75 Å². The van der Waals surface area contributed by atoms with Gasteiger partial charge in [-0.15, -0.1) is 0 Å². The molecule has 4 rings (SSSR count). The fraction of sp³-hybridized carbons (Fsp3) is 0.375. The number of benzene rings is 2. The fourth-order valence-electron chi connectivity index (χ4n) is 3.97. The van der Waals surface area contributed by atoms with Crippen molar-refractivity contribution in [1.82, 2.24) is 20.2 Å². The molecule has 3 aromatic rings. The number of imidazole rings is 1. The van der Waals surface area contributed by atoms with Gasteiger partial charge in [0.2, 0.25) is 11.9 Å². The molecule has 0 radical (unpaired) electrons. The van der Waals surface area contributed by atoms with Crippen LogP contribution in [-0.4, -0.2) is 41.2 Å². The zero-order valence-corrected chi connectivity index (χ0v) is 18.7. The molecule has 2 heterocycles. The molecule has 0 bridgehead atoms. The number of rotatable bonds is 7. The lowest BCUT2D eigenvalue weighted by atomic mass is 10.0. The Kier molecular flexibility index (Phi) is 6.30. The van der Waals surface area contributed by atoms with Crippen molar-refractivity contribution in [2.75, 3.05) is 18.6 Å². The van der Waals surface area contributed by atoms with Crippen LogP contribution in [0.4, 0.5) is 10.7 Å². The zero-order valence-electron chi connectivity index (χ0n) is 18.7. The Hall–Kier alpha value is -3.55. The predicted octanol–water partition coefficient (Wildman–Crippen LogP) is 3.31. The highest BCUT2D eigenvalue weighted by Crippen LogP contribution is 2.27. The lowest BCUT2D eigenvalue weighted by Gasteiger charge is -2.23. The number of carbonyl (C=O) groups is 2. The molecule has 1 aliphatic rings. The summed E-state index contributed by atoms with van der Waals surface area (Å²) in [5.74, 6) is 1.43. The molecule has 0 spiro atoms. The summed E-state index contributed by atoms with van der Waals surface area (Å²) in [6.07, 6.45) is 0.546. The Morgan fingerprint density at radius 2 is 1.84 bits per heavy atom. The third-order valence-electron chi connectivity index (χ3n) is 5.62. The van der Waals surface area contributed by atoms with Gasteiger partial charge in [-0.3, -0.25) is 9.69 Å². The minimum absolute atomic E-state index is 0.199. The first-order chi connectivity index (χ1) is 15.5. The minimum atomic E-state index is -0.626. The highest BCUT2D eigenvalue weighted by Gasteiger charge is 2.31. The number of carbonyl (C=O) groups excluding carboxylic acids is 2. The molecule has 0 fully saturated rings. The summed E-state index contributed by atoms with van der Waals surface area (Å²) in [5.41, 5.74) is 2.83. The maximum Gasteiger partial charge on any atom is 0.324 e. The third-order valence-corrected chi connectivity index (χ3v) is 5.62. The molecule has 2 N–H and O–H groups in total. The number of anilines is 1. The Morgan fingerprint density at radius 1 is 1.09 bits per heavy atom. The van der Waals surface area contributed by atoms with Crippen molar-refractivity contribution >= 4 is 28.9 Å². The van der Waals surface area contributed by atoms with E-state index in [2.05, 4.69) is 15.6 Å². The van der Waals surface area contributed by atoms with Crippen LogP contribution in [-0.2, 0) is 17.9 Å². The first-order valence-corrected chi connectivity index (χ1v) is 10.9. The molecular formula is C24H29N5O3. The Balaban J connectivity index is 1.43. The van der Waals surface area contributed by atoms with Crippen LogP contribution >= 0.6 is 0 Å². The van der Waals surface area contributed by atoms with Gasteiger partial charge in [0.25, 0.3) is 0 Å². The molecule has 1 aliphatic heterocycles. The van der Waals surface area contributed by atoms with Crippen molar-refractivity contribution in [1.29, 1.82) is 0 Å². The van der Waals surface area contributed by atoms with Crippen LogP contribution in [0.25, 0.3) is 11.0 Å². The van der Waals surface area contributed by atoms with Gasteiger partial charge in [0.1, 0.15) is 11.8 Å². The molecule has 0 unspecified atom stereocenters. The van der Waals surface area contributed by atoms with Crippen molar-refractivity contribution in [2.24, 2.45) is 5.92 Å². The van der Waals surface area contributed by atoms with E-state index in [4.69, 9.17) is 4.74 Å². The fourth-order valence-corrected chi connectivity index (χ4v) is 3.97. The molecule has 2 aromatic carbocycles. The summed E-state index contributed by atoms with van der Waals surface area (Å²) in [6, 6.07) is 14.4. The van der Waals surface area contributed by atoms with Crippen molar-refractivity contribution < 1.29 is 14.3 Å². The number of aromatic nitrogens is 2. The predicted molar refractivity (Wildman–Crippen MR) is 124 cm³/mol. The van der Waals surface area contributed by atoms with Gasteiger partial charge in [0.05, 0.1) is 18.1 Å². The standard InChI is InChI=1S/C24H29N5O3/c1-16(2)14-20(22(30)25-15-17-8-10-18(32-3)11-9-17)27-24(31)29-13-12-28-21-7-5-4-6-19(21)26-23(28)29/h4-11,16,20H,12-15H2,1-3H3,(H,25,30)(H,27,31)/t20-/m0/s1. The van der Waals surface area contributed by atoms with E-state index in [0.717, 1.165) is 22.3 Å². The molecule has 3 amide bonds. The van der Waals surface area contributed by atoms with E-state index in [9.17, 15) is 9.59 Å². The Morgan fingerprint density at radius 3 is 2.56 bits per heavy atom. The molecular weight excluding hydrogens is 406 g/mol. The third kappa shape index (κ3) is 4.54. The molecule has 168 valence electrons. The normalized spacial score (nSPS) is 13.8. The number of methoxy groups -OCH3 is 1. The Labute approximate surface area is 187 Å². The smallest absolute Gasteiger partial charge is 0.324 e. The SMILES string of the molecule is COc1ccc(CNC(=O)[C@H](CC(C)C)NC(=O)N2CCn3c2nc2ccccc23)cc1. The monoisotopic (exact) mass is 435 g/mol. The number of ether oxygens (including phenoxy) is 1. The molecule has 32 heavy (non-hydrogen) atoms. The minimum Gasteiger partial charge on any atom is -0.497 e. The number of para-hydroxylation sites is 2. The first kappa shape index (κ1) is 21.7. The number of nitrogens with zero attached hydrogens (tertiary/aromatic N) is 3. The van der Waals surface area contributed by atoms with Crippen molar-refractivity contribution in [3.8, 4) is 5.75 Å². The van der Waals surface area contributed by atoms with E-state index in [1.165, 1.54) is 0 Å². The highest BCUT2D eigenvalue weighted by atomic mass is 16.5. The summed E-state index contributed by atoms with van der Waals surface area (Å²) in [4.78, 5) is 32.2. The van der Waals surface area contributed by atoms with Crippen molar-refractivity contribution in [3.05, 3.63) is 54.1 Å². The molecule has 1 atom stereocenters. The van der Waals surface area contributed by atoms with E-state index in [-0.39, 0.29) is 17.9 Å². The lowest BCUT2D eigenvalue weighted by Crippen LogP contribution is -2.51. The number of nitrogens with one attached hydrogen (secondary N) is 2. The number of hydrogen-bond donors (Lipinski definition) is 2. The second kappa shape index (κ2) is 9.30. The number of hydrogen-bond acceptors (Lipinski definition) is 4. The number of amides is 3. The summed E-state index contributed by atoms with van der Waals surface area (Å²) >= 11 is 0. The van der Waals surface area contributed by atoms with E-state index in [0.29, 0.717) is 32.0 Å². The highest BCUT2D eigenvalue weighted by molar-refractivity contribution is 5.96.